The largest absolute Gasteiger partial charge is 0.496 e. The molecule has 1 fully saturated rings. The van der Waals surface area contributed by atoms with E-state index >= 15 is 0 Å². The van der Waals surface area contributed by atoms with Crippen LogP contribution >= 0.6 is 0 Å². The van der Waals surface area contributed by atoms with Crippen LogP contribution in [-0.4, -0.2) is 19.3 Å². The molecule has 106 valence electrons. The average Bonchev–Trinajstić information content (AvgIpc) is 2.60. The van der Waals surface area contributed by atoms with Gasteiger partial charge in [-0.05, 0) is 43.7 Å². The van der Waals surface area contributed by atoms with Gasteiger partial charge in [0.05, 0.1) is 25.4 Å². The Morgan fingerprint density at radius 1 is 1.11 bits per heavy atom. The number of hydrogen-bond donors (Lipinski definition) is 1. The molecule has 0 aliphatic heterocycles. The normalized spacial score (nSPS) is 27.7. The van der Waals surface area contributed by atoms with Crippen molar-refractivity contribution < 1.29 is 14.6 Å². The molecule has 0 aromatic heterocycles. The second-order valence-corrected chi connectivity index (χ2v) is 5.61. The highest BCUT2D eigenvalue weighted by Crippen LogP contribution is 2.45. The highest BCUT2D eigenvalue weighted by Gasteiger charge is 2.36. The van der Waals surface area contributed by atoms with Gasteiger partial charge in [0.15, 0.2) is 0 Å². The minimum atomic E-state index is -0.831. The topological polar surface area (TPSA) is 38.7 Å². The molecule has 0 saturated heterocycles. The maximum Gasteiger partial charge on any atom is 0.128 e. The maximum atomic E-state index is 11.1. The van der Waals surface area contributed by atoms with Crippen LogP contribution in [0, 0.1) is 5.92 Å². The Bertz CT molecular complexity index is 408. The fraction of sp³-hybridized carbons (Fsp3) is 0.625. The smallest absolute Gasteiger partial charge is 0.128 e. The average molecular weight is 264 g/mol. The third kappa shape index (κ3) is 2.86. The van der Waals surface area contributed by atoms with Gasteiger partial charge in [-0.2, -0.15) is 0 Å². The highest BCUT2D eigenvalue weighted by molar-refractivity contribution is 5.48. The third-order valence-corrected chi connectivity index (χ3v) is 4.23. The molecule has 1 aromatic rings. The molecular formula is C16H24O3. The standard InChI is InChI=1S/C16H24O3/c1-12-6-5-10-16(17,11-9-12)15-13(18-2)7-4-8-14(15)19-3/h4,7-8,12,17H,5-6,9-11H2,1-3H3. The molecule has 0 bridgehead atoms. The zero-order chi connectivity index (χ0) is 13.9. The van der Waals surface area contributed by atoms with Gasteiger partial charge in [-0.3, -0.25) is 0 Å². The van der Waals surface area contributed by atoms with E-state index in [1.807, 2.05) is 18.2 Å². The number of hydrogen-bond acceptors (Lipinski definition) is 3. The lowest BCUT2D eigenvalue weighted by atomic mass is 9.85. The fourth-order valence-corrected chi connectivity index (χ4v) is 3.06. The van der Waals surface area contributed by atoms with Crippen molar-refractivity contribution in [2.45, 2.75) is 44.6 Å². The van der Waals surface area contributed by atoms with Crippen LogP contribution in [0.4, 0.5) is 0 Å². The third-order valence-electron chi connectivity index (χ3n) is 4.23. The number of rotatable bonds is 3. The fourth-order valence-electron chi connectivity index (χ4n) is 3.06. The molecule has 0 radical (unpaired) electrons. The van der Waals surface area contributed by atoms with Crippen molar-refractivity contribution in [1.29, 1.82) is 0 Å². The minimum Gasteiger partial charge on any atom is -0.496 e. The van der Waals surface area contributed by atoms with Gasteiger partial charge in [-0.25, -0.2) is 0 Å². The lowest BCUT2D eigenvalue weighted by Gasteiger charge is -2.30. The van der Waals surface area contributed by atoms with E-state index in [-0.39, 0.29) is 0 Å². The molecule has 2 atom stereocenters. The van der Waals surface area contributed by atoms with Gasteiger partial charge in [-0.15, -0.1) is 0 Å². The van der Waals surface area contributed by atoms with Crippen molar-refractivity contribution in [3.63, 3.8) is 0 Å². The number of methoxy groups -OCH3 is 2. The van der Waals surface area contributed by atoms with Gasteiger partial charge in [-0.1, -0.05) is 19.4 Å². The van der Waals surface area contributed by atoms with Gasteiger partial charge in [0.2, 0.25) is 0 Å². The van der Waals surface area contributed by atoms with Crippen LogP contribution in [0.2, 0.25) is 0 Å². The highest BCUT2D eigenvalue weighted by atomic mass is 16.5. The minimum absolute atomic E-state index is 0.676. The van der Waals surface area contributed by atoms with Crippen molar-refractivity contribution in [2.24, 2.45) is 5.92 Å². The summed E-state index contributed by atoms with van der Waals surface area (Å²) in [5, 5.41) is 11.1. The van der Waals surface area contributed by atoms with E-state index in [4.69, 9.17) is 9.47 Å². The summed E-state index contributed by atoms with van der Waals surface area (Å²) in [6.45, 7) is 2.26. The molecule has 1 aliphatic carbocycles. The Hall–Kier alpha value is -1.22. The second kappa shape index (κ2) is 5.83. The predicted molar refractivity (Wildman–Crippen MR) is 75.7 cm³/mol. The van der Waals surface area contributed by atoms with E-state index in [0.29, 0.717) is 5.92 Å². The van der Waals surface area contributed by atoms with Crippen molar-refractivity contribution in [3.8, 4) is 11.5 Å². The quantitative estimate of drug-likeness (QED) is 0.849. The summed E-state index contributed by atoms with van der Waals surface area (Å²) in [5.41, 5.74) is -0.0167. The van der Waals surface area contributed by atoms with E-state index < -0.39 is 5.60 Å². The van der Waals surface area contributed by atoms with Crippen LogP contribution in [0.15, 0.2) is 18.2 Å². The zero-order valence-corrected chi connectivity index (χ0v) is 12.1. The summed E-state index contributed by atoms with van der Waals surface area (Å²) in [7, 11) is 3.28. The van der Waals surface area contributed by atoms with Crippen molar-refractivity contribution in [2.75, 3.05) is 14.2 Å². The number of ether oxygens (including phenoxy) is 2. The molecule has 0 spiro atoms. The maximum absolute atomic E-state index is 11.1. The molecule has 1 N–H and O–H groups in total. The van der Waals surface area contributed by atoms with E-state index in [1.165, 1.54) is 6.42 Å². The molecule has 3 nitrogen and oxygen atoms in total. The Kier molecular flexibility index (Phi) is 4.35. The van der Waals surface area contributed by atoms with E-state index in [9.17, 15) is 5.11 Å². The zero-order valence-electron chi connectivity index (χ0n) is 12.1. The Morgan fingerprint density at radius 2 is 1.74 bits per heavy atom. The molecule has 1 saturated carbocycles. The SMILES string of the molecule is COc1cccc(OC)c1C1(O)CCCC(C)CC1. The monoisotopic (exact) mass is 264 g/mol. The predicted octanol–water partition coefficient (Wildman–Crippen LogP) is 3.49. The summed E-state index contributed by atoms with van der Waals surface area (Å²) in [4.78, 5) is 0. The van der Waals surface area contributed by atoms with Gasteiger partial charge in [0, 0.05) is 0 Å². The lowest BCUT2D eigenvalue weighted by Crippen LogP contribution is -2.26. The van der Waals surface area contributed by atoms with E-state index in [1.54, 1.807) is 14.2 Å². The van der Waals surface area contributed by atoms with Crippen LogP contribution in [0.25, 0.3) is 0 Å². The number of benzene rings is 1. The summed E-state index contributed by atoms with van der Waals surface area (Å²) in [6, 6.07) is 5.68. The first kappa shape index (κ1) is 14.2. The van der Waals surface area contributed by atoms with Crippen LogP contribution in [0.3, 0.4) is 0 Å². The molecule has 0 amide bonds. The van der Waals surface area contributed by atoms with Crippen molar-refractivity contribution in [1.82, 2.24) is 0 Å². The van der Waals surface area contributed by atoms with Crippen LogP contribution < -0.4 is 9.47 Å². The summed E-state index contributed by atoms with van der Waals surface area (Å²) >= 11 is 0. The molecule has 19 heavy (non-hydrogen) atoms. The molecule has 2 unspecified atom stereocenters. The van der Waals surface area contributed by atoms with Crippen LogP contribution in [-0.2, 0) is 5.60 Å². The molecule has 0 heterocycles. The van der Waals surface area contributed by atoms with Gasteiger partial charge in [0.1, 0.15) is 11.5 Å². The van der Waals surface area contributed by atoms with Crippen molar-refractivity contribution in [3.05, 3.63) is 23.8 Å². The molecule has 2 rings (SSSR count). The van der Waals surface area contributed by atoms with Gasteiger partial charge >= 0.3 is 0 Å². The van der Waals surface area contributed by atoms with Gasteiger partial charge < -0.3 is 14.6 Å². The first-order valence-electron chi connectivity index (χ1n) is 7.04. The first-order chi connectivity index (χ1) is 9.10. The Balaban J connectivity index is 2.43. The summed E-state index contributed by atoms with van der Waals surface area (Å²) in [5.74, 6) is 2.11. The lowest BCUT2D eigenvalue weighted by molar-refractivity contribution is 0.0153. The van der Waals surface area contributed by atoms with E-state index in [2.05, 4.69) is 6.92 Å². The Morgan fingerprint density at radius 3 is 2.32 bits per heavy atom. The van der Waals surface area contributed by atoms with Crippen LogP contribution in [0.5, 0.6) is 11.5 Å². The molecule has 3 heteroatoms. The summed E-state index contributed by atoms with van der Waals surface area (Å²) in [6.07, 6.45) is 4.80. The molecular weight excluding hydrogens is 240 g/mol. The first-order valence-corrected chi connectivity index (χ1v) is 7.04. The number of aliphatic hydroxyl groups is 1. The molecule has 1 aromatic carbocycles. The Labute approximate surface area is 115 Å². The van der Waals surface area contributed by atoms with Gasteiger partial charge in [0.25, 0.3) is 0 Å². The molecule has 1 aliphatic rings. The second-order valence-electron chi connectivity index (χ2n) is 5.61. The van der Waals surface area contributed by atoms with E-state index in [0.717, 1.165) is 42.7 Å². The van der Waals surface area contributed by atoms with Crippen molar-refractivity contribution >= 4 is 0 Å². The summed E-state index contributed by atoms with van der Waals surface area (Å²) < 4.78 is 10.9. The van der Waals surface area contributed by atoms with Crippen LogP contribution in [0.1, 0.15) is 44.6 Å².